The monoisotopic (exact) mass is 253 g/mol. The van der Waals surface area contributed by atoms with E-state index in [1.54, 1.807) is 12.5 Å². The molecular formula is C14H15N5. The Morgan fingerprint density at radius 2 is 2.21 bits per heavy atom. The highest BCUT2D eigenvalue weighted by Crippen LogP contribution is 2.26. The number of nitrogens with two attached hydrogens (primary N) is 1. The van der Waals surface area contributed by atoms with E-state index in [2.05, 4.69) is 21.5 Å². The molecule has 0 saturated heterocycles. The molecule has 0 radical (unpaired) electrons. The van der Waals surface area contributed by atoms with E-state index in [1.165, 1.54) is 0 Å². The van der Waals surface area contributed by atoms with Crippen molar-refractivity contribution in [2.45, 2.75) is 6.04 Å². The minimum absolute atomic E-state index is 0.132. The molecule has 19 heavy (non-hydrogen) atoms. The number of imidazole rings is 1. The zero-order valence-corrected chi connectivity index (χ0v) is 10.6. The Morgan fingerprint density at radius 3 is 2.95 bits per heavy atom. The van der Waals surface area contributed by atoms with E-state index in [1.807, 2.05) is 42.2 Å². The second-order valence-electron chi connectivity index (χ2n) is 4.51. The summed E-state index contributed by atoms with van der Waals surface area (Å²) in [5.74, 6) is 5.72. The first kappa shape index (κ1) is 11.8. The number of nitrogens with one attached hydrogen (secondary N) is 1. The summed E-state index contributed by atoms with van der Waals surface area (Å²) in [4.78, 5) is 8.52. The van der Waals surface area contributed by atoms with Crippen molar-refractivity contribution >= 4 is 10.8 Å². The van der Waals surface area contributed by atoms with Gasteiger partial charge in [-0.3, -0.25) is 10.8 Å². The van der Waals surface area contributed by atoms with Gasteiger partial charge in [0.1, 0.15) is 0 Å². The fourth-order valence-electron chi connectivity index (χ4n) is 2.32. The van der Waals surface area contributed by atoms with Crippen LogP contribution < -0.4 is 11.3 Å². The number of hydrazine groups is 1. The normalized spacial score (nSPS) is 12.7. The van der Waals surface area contributed by atoms with E-state index < -0.39 is 0 Å². The van der Waals surface area contributed by atoms with E-state index in [0.29, 0.717) is 0 Å². The number of aromatic nitrogens is 3. The number of aryl methyl sites for hydroxylation is 1. The van der Waals surface area contributed by atoms with Crippen molar-refractivity contribution in [2.75, 3.05) is 0 Å². The third-order valence-corrected chi connectivity index (χ3v) is 3.21. The molecule has 1 unspecified atom stereocenters. The first-order valence-corrected chi connectivity index (χ1v) is 6.06. The topological polar surface area (TPSA) is 68.8 Å². The Bertz CT molecular complexity index is 698. The van der Waals surface area contributed by atoms with Crippen LogP contribution in [0.1, 0.15) is 17.3 Å². The molecule has 0 bridgehead atoms. The quantitative estimate of drug-likeness (QED) is 0.548. The second-order valence-corrected chi connectivity index (χ2v) is 4.51. The van der Waals surface area contributed by atoms with Crippen LogP contribution in [0, 0.1) is 0 Å². The highest BCUT2D eigenvalue weighted by atomic mass is 15.2. The molecule has 0 spiro atoms. The Labute approximate surface area is 111 Å². The molecule has 0 aliphatic carbocycles. The first-order valence-electron chi connectivity index (χ1n) is 6.06. The molecule has 0 aliphatic heterocycles. The van der Waals surface area contributed by atoms with Gasteiger partial charge in [-0.05, 0) is 17.0 Å². The van der Waals surface area contributed by atoms with Crippen LogP contribution in [0.25, 0.3) is 10.8 Å². The third-order valence-electron chi connectivity index (χ3n) is 3.21. The SMILES string of the molecule is Cn1cnc(C(NN)c2cccc3cnccc23)c1. The smallest absolute Gasteiger partial charge is 0.0947 e. The number of pyridine rings is 1. The van der Waals surface area contributed by atoms with Crippen molar-refractivity contribution in [3.63, 3.8) is 0 Å². The van der Waals surface area contributed by atoms with Crippen LogP contribution in [-0.2, 0) is 7.05 Å². The minimum Gasteiger partial charge on any atom is -0.340 e. The van der Waals surface area contributed by atoms with Gasteiger partial charge < -0.3 is 4.57 Å². The van der Waals surface area contributed by atoms with Gasteiger partial charge in [-0.15, -0.1) is 0 Å². The third kappa shape index (κ3) is 2.09. The Kier molecular flexibility index (Phi) is 2.98. The molecule has 2 aromatic heterocycles. The predicted octanol–water partition coefficient (Wildman–Crippen LogP) is 1.52. The van der Waals surface area contributed by atoms with Crippen LogP contribution in [0.3, 0.4) is 0 Å². The summed E-state index contributed by atoms with van der Waals surface area (Å²) >= 11 is 0. The number of hydrogen-bond donors (Lipinski definition) is 2. The van der Waals surface area contributed by atoms with Gasteiger partial charge in [0, 0.05) is 31.0 Å². The summed E-state index contributed by atoms with van der Waals surface area (Å²) in [5, 5.41) is 2.22. The predicted molar refractivity (Wildman–Crippen MR) is 74.1 cm³/mol. The van der Waals surface area contributed by atoms with Crippen molar-refractivity contribution in [1.29, 1.82) is 0 Å². The summed E-state index contributed by atoms with van der Waals surface area (Å²) in [6.07, 6.45) is 7.37. The lowest BCUT2D eigenvalue weighted by molar-refractivity contribution is 0.627. The first-order chi connectivity index (χ1) is 9.29. The van der Waals surface area contributed by atoms with Gasteiger partial charge in [0.05, 0.1) is 18.1 Å². The molecule has 2 heterocycles. The maximum Gasteiger partial charge on any atom is 0.0947 e. The lowest BCUT2D eigenvalue weighted by atomic mass is 9.98. The van der Waals surface area contributed by atoms with Crippen molar-refractivity contribution in [2.24, 2.45) is 12.9 Å². The van der Waals surface area contributed by atoms with Crippen LogP contribution >= 0.6 is 0 Å². The molecular weight excluding hydrogens is 238 g/mol. The van der Waals surface area contributed by atoms with Crippen molar-refractivity contribution < 1.29 is 0 Å². The summed E-state index contributed by atoms with van der Waals surface area (Å²) in [6, 6.07) is 7.97. The molecule has 3 aromatic rings. The van der Waals surface area contributed by atoms with Gasteiger partial charge in [0.2, 0.25) is 0 Å². The Balaban J connectivity index is 2.16. The molecule has 0 saturated carbocycles. The summed E-state index contributed by atoms with van der Waals surface area (Å²) < 4.78 is 1.91. The molecule has 0 amide bonds. The number of rotatable bonds is 3. The van der Waals surface area contributed by atoms with E-state index in [-0.39, 0.29) is 6.04 Å². The van der Waals surface area contributed by atoms with Gasteiger partial charge in [-0.25, -0.2) is 10.4 Å². The zero-order valence-electron chi connectivity index (χ0n) is 10.6. The lowest BCUT2D eigenvalue weighted by Crippen LogP contribution is -2.29. The number of fused-ring (bicyclic) bond motifs is 1. The van der Waals surface area contributed by atoms with E-state index >= 15 is 0 Å². The van der Waals surface area contributed by atoms with Gasteiger partial charge in [-0.1, -0.05) is 18.2 Å². The van der Waals surface area contributed by atoms with Crippen LogP contribution in [-0.4, -0.2) is 14.5 Å². The molecule has 0 aliphatic rings. The second kappa shape index (κ2) is 4.79. The molecule has 1 atom stereocenters. The average molecular weight is 253 g/mol. The summed E-state index contributed by atoms with van der Waals surface area (Å²) in [7, 11) is 1.94. The van der Waals surface area contributed by atoms with Crippen LogP contribution in [0.4, 0.5) is 0 Å². The highest BCUT2D eigenvalue weighted by molar-refractivity contribution is 5.85. The highest BCUT2D eigenvalue weighted by Gasteiger charge is 2.17. The van der Waals surface area contributed by atoms with E-state index in [4.69, 9.17) is 5.84 Å². The van der Waals surface area contributed by atoms with Crippen LogP contribution in [0.2, 0.25) is 0 Å². The fraction of sp³-hybridized carbons (Fsp3) is 0.143. The van der Waals surface area contributed by atoms with Gasteiger partial charge in [-0.2, -0.15) is 0 Å². The van der Waals surface area contributed by atoms with E-state index in [9.17, 15) is 0 Å². The molecule has 0 fully saturated rings. The van der Waals surface area contributed by atoms with E-state index in [0.717, 1.165) is 22.0 Å². The fourth-order valence-corrected chi connectivity index (χ4v) is 2.32. The van der Waals surface area contributed by atoms with Crippen molar-refractivity contribution in [3.05, 3.63) is 60.4 Å². The van der Waals surface area contributed by atoms with Gasteiger partial charge in [0.25, 0.3) is 0 Å². The number of nitrogens with zero attached hydrogens (tertiary/aromatic N) is 3. The molecule has 3 rings (SSSR count). The lowest BCUT2D eigenvalue weighted by Gasteiger charge is -2.16. The zero-order chi connectivity index (χ0) is 13.2. The van der Waals surface area contributed by atoms with Crippen molar-refractivity contribution in [3.8, 4) is 0 Å². The molecule has 5 heteroatoms. The minimum atomic E-state index is -0.132. The maximum absolute atomic E-state index is 5.72. The average Bonchev–Trinajstić information content (AvgIpc) is 2.86. The van der Waals surface area contributed by atoms with Gasteiger partial charge in [0.15, 0.2) is 0 Å². The standard InChI is InChI=1S/C14H15N5/c1-19-8-13(17-9-19)14(18-15)12-4-2-3-10-7-16-6-5-11(10)12/h2-9,14,18H,15H2,1H3. The summed E-state index contributed by atoms with van der Waals surface area (Å²) in [6.45, 7) is 0. The maximum atomic E-state index is 5.72. The van der Waals surface area contributed by atoms with Gasteiger partial charge >= 0.3 is 0 Å². The molecule has 96 valence electrons. The Morgan fingerprint density at radius 1 is 1.32 bits per heavy atom. The van der Waals surface area contributed by atoms with Crippen molar-refractivity contribution in [1.82, 2.24) is 20.0 Å². The molecule has 1 aromatic carbocycles. The summed E-state index contributed by atoms with van der Waals surface area (Å²) in [5.41, 5.74) is 4.84. The largest absolute Gasteiger partial charge is 0.340 e. The Hall–Kier alpha value is -2.24. The molecule has 3 N–H and O–H groups in total. The van der Waals surface area contributed by atoms with Crippen LogP contribution in [0.15, 0.2) is 49.2 Å². The number of hydrogen-bond acceptors (Lipinski definition) is 4. The van der Waals surface area contributed by atoms with Crippen LogP contribution in [0.5, 0.6) is 0 Å². The number of benzene rings is 1. The molecule has 5 nitrogen and oxygen atoms in total.